The van der Waals surface area contributed by atoms with Crippen LogP contribution in [0.5, 0.6) is 0 Å². The minimum Gasteiger partial charge on any atom is -0.480 e. The third-order valence-electron chi connectivity index (χ3n) is 9.09. The first kappa shape index (κ1) is 38.7. The second-order valence-corrected chi connectivity index (χ2v) is 15.1. The summed E-state index contributed by atoms with van der Waals surface area (Å²) in [6, 6.07) is 7.97. The molecule has 2 aliphatic heterocycles. The Morgan fingerprint density at radius 3 is 1.89 bits per heavy atom. The molecule has 4 atom stereocenters. The van der Waals surface area contributed by atoms with Crippen molar-refractivity contribution < 1.29 is 14.7 Å². The van der Waals surface area contributed by atoms with Gasteiger partial charge < -0.3 is 35.9 Å². The number of rotatable bonds is 8. The zero-order valence-electron chi connectivity index (χ0n) is 30.2. The number of fused-ring (bicyclic) bond motifs is 2. The predicted molar refractivity (Wildman–Crippen MR) is 210 cm³/mol. The summed E-state index contributed by atoms with van der Waals surface area (Å²) < 4.78 is 0. The van der Waals surface area contributed by atoms with E-state index < -0.39 is 12.4 Å². The van der Waals surface area contributed by atoms with E-state index in [1.54, 1.807) is 22.1 Å². The molecule has 284 valence electrons. The number of pyridine rings is 2. The highest BCUT2D eigenvalue weighted by Crippen LogP contribution is 2.36. The molecule has 0 aliphatic carbocycles. The number of nitriles is 2. The fraction of sp³-hybridized carbons (Fsp3) is 0.389. The Balaban J connectivity index is 0.000000166. The molecule has 2 fully saturated rings. The number of amides is 1. The molecule has 0 saturated carbocycles. The summed E-state index contributed by atoms with van der Waals surface area (Å²) in [7, 11) is 0. The molecule has 0 spiro atoms. The van der Waals surface area contributed by atoms with Crippen LogP contribution in [-0.2, 0) is 9.59 Å². The summed E-state index contributed by atoms with van der Waals surface area (Å²) in [5, 5.41) is 55.0. The highest BCUT2D eigenvalue weighted by atomic mass is 32.1. The number of carboxylic acid groups (broad SMARTS) is 1. The molecule has 1 amide bonds. The van der Waals surface area contributed by atoms with Gasteiger partial charge in [0.15, 0.2) is 10.0 Å². The van der Waals surface area contributed by atoms with Gasteiger partial charge in [-0.1, -0.05) is 36.5 Å². The van der Waals surface area contributed by atoms with Crippen LogP contribution in [0.25, 0.3) is 43.2 Å². The number of aliphatic carboxylic acids is 1. The van der Waals surface area contributed by atoms with Crippen molar-refractivity contribution >= 4 is 68.0 Å². The number of hydrogen-bond donors (Lipinski definition) is 6. The number of piperidine rings is 2. The lowest BCUT2D eigenvalue weighted by molar-refractivity contribution is -0.136. The molecule has 2 saturated heterocycles. The van der Waals surface area contributed by atoms with E-state index in [-0.39, 0.29) is 18.4 Å². The van der Waals surface area contributed by atoms with Crippen molar-refractivity contribution in [3.05, 3.63) is 47.9 Å². The number of carbonyl (C=O) groups excluding carboxylic acids is 1. The van der Waals surface area contributed by atoms with Gasteiger partial charge >= 0.3 is 5.97 Å². The third kappa shape index (κ3) is 9.75. The Hall–Kier alpha value is -6.02. The number of H-pyrrole nitrogens is 2. The first-order valence-corrected chi connectivity index (χ1v) is 19.4. The van der Waals surface area contributed by atoms with Crippen molar-refractivity contribution in [2.45, 2.75) is 51.6 Å². The standard InChI is InChI=1S/C18H19N7OS.C15H18N6S.C3H3NO2/c1-11-6-12(9-25(8-11)15(26)2-4-19)23-16-13-3-5-20-17(13)21-7-14(16)18-24-22-10-27-18;1-9-4-10(6-16-5-9)20-13-11-2-3-17-14(11)18-7-12(13)15-21-19-8-22-15;4-2-1-3(5)6/h3,5,7,10-12H,2,6,8-9H2,1H3,(H2,20,21,23);2-3,7-10,16H,4-6H2,1H3,(H2,17,18,20);1H2,(H,5,6)/t11-,12+;9-,10+;/m00./s1. The van der Waals surface area contributed by atoms with Crippen LogP contribution in [0.15, 0.2) is 47.9 Å². The Morgan fingerprint density at radius 1 is 0.836 bits per heavy atom. The molecule has 2 aliphatic rings. The van der Waals surface area contributed by atoms with Crippen LogP contribution in [-0.4, -0.2) is 100 Å². The molecule has 8 rings (SSSR count). The molecule has 6 N–H and O–H groups in total. The van der Waals surface area contributed by atoms with Gasteiger partial charge in [0, 0.05) is 67.3 Å². The second kappa shape index (κ2) is 18.3. The van der Waals surface area contributed by atoms with Crippen LogP contribution < -0.4 is 16.0 Å². The maximum Gasteiger partial charge on any atom is 0.317 e. The van der Waals surface area contributed by atoms with Crippen LogP contribution in [0, 0.1) is 34.5 Å². The summed E-state index contributed by atoms with van der Waals surface area (Å²) in [5.41, 5.74) is 9.12. The van der Waals surface area contributed by atoms with Crippen LogP contribution in [0.4, 0.5) is 11.4 Å². The largest absolute Gasteiger partial charge is 0.480 e. The Morgan fingerprint density at radius 2 is 1.40 bits per heavy atom. The minimum atomic E-state index is -1.07. The van der Waals surface area contributed by atoms with Crippen LogP contribution in [0.3, 0.4) is 0 Å². The van der Waals surface area contributed by atoms with Gasteiger partial charge in [-0.25, -0.2) is 9.97 Å². The van der Waals surface area contributed by atoms with Crippen LogP contribution in [0.1, 0.15) is 39.5 Å². The molecular weight excluding hydrogens is 741 g/mol. The molecule has 8 heterocycles. The van der Waals surface area contributed by atoms with E-state index in [9.17, 15) is 9.59 Å². The van der Waals surface area contributed by atoms with Crippen molar-refractivity contribution in [1.29, 1.82) is 10.5 Å². The zero-order chi connectivity index (χ0) is 38.7. The number of nitrogens with one attached hydrogen (secondary N) is 5. The fourth-order valence-electron chi connectivity index (χ4n) is 6.81. The monoisotopic (exact) mass is 780 g/mol. The number of carbonyl (C=O) groups is 2. The summed E-state index contributed by atoms with van der Waals surface area (Å²) in [6.07, 6.45) is 9.09. The summed E-state index contributed by atoms with van der Waals surface area (Å²) >= 11 is 3.00. The lowest BCUT2D eigenvalue weighted by Gasteiger charge is -2.37. The Kier molecular flexibility index (Phi) is 12.9. The quantitative estimate of drug-likeness (QED) is 0.117. The molecule has 0 aromatic carbocycles. The molecule has 19 heteroatoms. The van der Waals surface area contributed by atoms with Crippen molar-refractivity contribution in [2.24, 2.45) is 11.8 Å². The average molecular weight is 781 g/mol. The molecule has 0 unspecified atom stereocenters. The maximum absolute atomic E-state index is 12.2. The number of carboxylic acids is 1. The van der Waals surface area contributed by atoms with E-state index in [4.69, 9.17) is 15.6 Å². The van der Waals surface area contributed by atoms with Gasteiger partial charge in [-0.2, -0.15) is 10.5 Å². The molecule has 6 aromatic rings. The van der Waals surface area contributed by atoms with Gasteiger partial charge in [0.2, 0.25) is 5.91 Å². The van der Waals surface area contributed by atoms with Crippen molar-refractivity contribution in [2.75, 3.05) is 36.8 Å². The summed E-state index contributed by atoms with van der Waals surface area (Å²) in [6.45, 7) is 7.76. The molecule has 6 aromatic heterocycles. The topological polar surface area (TPSA) is 250 Å². The first-order valence-electron chi connectivity index (χ1n) is 17.7. The van der Waals surface area contributed by atoms with E-state index in [1.165, 1.54) is 28.7 Å². The van der Waals surface area contributed by atoms with Gasteiger partial charge in [-0.05, 0) is 43.4 Å². The first-order chi connectivity index (χ1) is 26.7. The Bertz CT molecular complexity index is 2280. The van der Waals surface area contributed by atoms with E-state index in [2.05, 4.69) is 76.2 Å². The molecule has 17 nitrogen and oxygen atoms in total. The van der Waals surface area contributed by atoms with Gasteiger partial charge in [0.25, 0.3) is 0 Å². The molecule has 55 heavy (non-hydrogen) atoms. The molecular formula is C36H40N14O3S2. The lowest BCUT2D eigenvalue weighted by Crippen LogP contribution is -2.48. The third-order valence-corrected chi connectivity index (χ3v) is 10.5. The average Bonchev–Trinajstić information content (AvgIpc) is 4.01. The van der Waals surface area contributed by atoms with Gasteiger partial charge in [-0.15, -0.1) is 20.4 Å². The Labute approximate surface area is 324 Å². The lowest BCUT2D eigenvalue weighted by atomic mass is 9.95. The number of anilines is 2. The highest BCUT2D eigenvalue weighted by molar-refractivity contribution is 7.13. The minimum absolute atomic E-state index is 0.0766. The van der Waals surface area contributed by atoms with Crippen molar-refractivity contribution in [1.82, 2.24) is 50.5 Å². The van der Waals surface area contributed by atoms with Gasteiger partial charge in [0.1, 0.15) is 35.2 Å². The van der Waals surface area contributed by atoms with Gasteiger partial charge in [-0.3, -0.25) is 9.59 Å². The molecule has 0 radical (unpaired) electrons. The van der Waals surface area contributed by atoms with Crippen molar-refractivity contribution in [3.63, 3.8) is 0 Å². The summed E-state index contributed by atoms with van der Waals surface area (Å²) in [5.74, 6) is -0.147. The normalized spacial score (nSPS) is 19.2. The second-order valence-electron chi connectivity index (χ2n) is 13.4. The number of likely N-dealkylation sites (tertiary alicyclic amines) is 1. The SMILES string of the molecule is C[C@@H]1CNC[C@H](Nc2c(-c3nncs3)cnc3[nH]ccc23)C1.C[C@H]1C[C@@H](Nc2c(-c3nncs3)cnc3[nH]ccc23)CN(C(=O)CC#N)C1.N#CCC(=O)O. The van der Waals surface area contributed by atoms with E-state index in [0.29, 0.717) is 31.0 Å². The maximum atomic E-state index is 12.2. The number of hydrogen-bond acceptors (Lipinski definition) is 15. The highest BCUT2D eigenvalue weighted by Gasteiger charge is 2.29. The van der Waals surface area contributed by atoms with Crippen molar-refractivity contribution in [3.8, 4) is 33.3 Å². The smallest absolute Gasteiger partial charge is 0.317 e. The molecule has 0 bridgehead atoms. The van der Waals surface area contributed by atoms with E-state index >= 15 is 0 Å². The van der Waals surface area contributed by atoms with E-state index in [1.807, 2.05) is 30.7 Å². The van der Waals surface area contributed by atoms with Gasteiger partial charge in [0.05, 0.1) is 34.6 Å². The number of aromatic nitrogens is 8. The number of nitrogens with zero attached hydrogens (tertiary/aromatic N) is 9. The zero-order valence-corrected chi connectivity index (χ0v) is 31.8. The number of aromatic amines is 2. The van der Waals surface area contributed by atoms with Crippen LogP contribution in [0.2, 0.25) is 0 Å². The fourth-order valence-corrected chi connectivity index (χ4v) is 7.95. The summed E-state index contributed by atoms with van der Waals surface area (Å²) in [4.78, 5) is 38.7. The van der Waals surface area contributed by atoms with E-state index in [0.717, 1.165) is 80.5 Å². The predicted octanol–water partition coefficient (Wildman–Crippen LogP) is 5.12. The van der Waals surface area contributed by atoms with Crippen LogP contribution >= 0.6 is 22.7 Å².